The first-order chi connectivity index (χ1) is 17.4. The molecule has 2 N–H and O–H groups in total. The van der Waals surface area contributed by atoms with Crippen LogP contribution in [0.1, 0.15) is 22.3 Å². The van der Waals surface area contributed by atoms with Gasteiger partial charge in [-0.05, 0) is 18.2 Å². The summed E-state index contributed by atoms with van der Waals surface area (Å²) < 4.78 is 68.5. The average Bonchev–Trinajstić information content (AvgIpc) is 3.39. The highest BCUT2D eigenvalue weighted by atomic mass is 32.2. The minimum Gasteiger partial charge on any atom is -0.406 e. The number of rotatable bonds is 6. The van der Waals surface area contributed by atoms with Crippen LogP contribution in [0, 0.1) is 11.3 Å². The number of halogens is 5. The molecule has 0 aliphatic carbocycles. The van der Waals surface area contributed by atoms with Crippen molar-refractivity contribution in [3.05, 3.63) is 53.9 Å². The first kappa shape index (κ1) is 26.2. The van der Waals surface area contributed by atoms with Gasteiger partial charge in [0.2, 0.25) is 5.91 Å². The lowest BCUT2D eigenvalue weighted by Gasteiger charge is -2.19. The van der Waals surface area contributed by atoms with Crippen molar-refractivity contribution in [2.45, 2.75) is 35.0 Å². The summed E-state index contributed by atoms with van der Waals surface area (Å²) in [5.74, 6) is -4.98. The number of nitriles is 1. The second-order valence-corrected chi connectivity index (χ2v) is 9.30. The number of nitrogens with zero attached hydrogens (tertiary/aromatic N) is 3. The van der Waals surface area contributed by atoms with Gasteiger partial charge in [-0.15, -0.1) is 13.2 Å². The molecule has 2 aromatic rings. The van der Waals surface area contributed by atoms with Gasteiger partial charge in [0.05, 0.1) is 30.2 Å². The molecule has 0 spiro atoms. The minimum absolute atomic E-state index is 0.156. The van der Waals surface area contributed by atoms with Gasteiger partial charge >= 0.3 is 6.36 Å². The Morgan fingerprint density at radius 2 is 2.14 bits per heavy atom. The number of fused-ring (bicyclic) bond motifs is 1. The molecule has 1 aromatic carbocycles. The number of alkyl halides is 5. The maximum absolute atomic E-state index is 13.6. The number of nitrogens with one attached hydrogen (secondary N) is 2. The van der Waals surface area contributed by atoms with Gasteiger partial charge in [0.25, 0.3) is 11.8 Å². The number of amides is 2. The van der Waals surface area contributed by atoms with Crippen molar-refractivity contribution in [2.75, 3.05) is 18.4 Å². The summed E-state index contributed by atoms with van der Waals surface area (Å²) in [7, 11) is 0. The zero-order valence-corrected chi connectivity index (χ0v) is 19.6. The Balaban J connectivity index is 1.38. The zero-order valence-electron chi connectivity index (χ0n) is 18.8. The Morgan fingerprint density at radius 1 is 1.35 bits per heavy atom. The van der Waals surface area contributed by atoms with E-state index in [1.54, 1.807) is 18.2 Å². The van der Waals surface area contributed by atoms with Crippen LogP contribution in [0.2, 0.25) is 0 Å². The predicted octanol–water partition coefficient (Wildman–Crippen LogP) is 4.03. The molecule has 0 radical (unpaired) electrons. The third-order valence-corrected chi connectivity index (χ3v) is 6.56. The lowest BCUT2D eigenvalue weighted by Crippen LogP contribution is -2.43. The van der Waals surface area contributed by atoms with Gasteiger partial charge < -0.3 is 20.3 Å². The Labute approximate surface area is 211 Å². The fraction of sp³-hybridized carbons (Fsp3) is 0.304. The molecule has 1 saturated heterocycles. The van der Waals surface area contributed by atoms with E-state index in [1.165, 1.54) is 48.4 Å². The minimum atomic E-state index is -4.81. The van der Waals surface area contributed by atoms with Crippen molar-refractivity contribution < 1.29 is 36.3 Å². The van der Waals surface area contributed by atoms with E-state index in [0.717, 1.165) is 4.90 Å². The summed E-state index contributed by atoms with van der Waals surface area (Å²) >= 11 is 1.33. The van der Waals surface area contributed by atoms with Gasteiger partial charge in [0, 0.05) is 40.9 Å². The second kappa shape index (κ2) is 10.3. The summed E-state index contributed by atoms with van der Waals surface area (Å²) in [4.78, 5) is 30.5. The van der Waals surface area contributed by atoms with Crippen molar-refractivity contribution in [1.29, 1.82) is 5.26 Å². The van der Waals surface area contributed by atoms with Crippen LogP contribution in [-0.4, -0.2) is 58.5 Å². The molecular weight excluding hydrogens is 521 g/mol. The van der Waals surface area contributed by atoms with E-state index in [2.05, 4.69) is 20.4 Å². The molecule has 0 bridgehead atoms. The summed E-state index contributed by atoms with van der Waals surface area (Å²) in [5, 5.41) is 14.1. The number of likely N-dealkylation sites (tertiary alicyclic amines) is 1. The summed E-state index contributed by atoms with van der Waals surface area (Å²) in [6.45, 7) is -1.46. The third-order valence-electron chi connectivity index (χ3n) is 5.42. The van der Waals surface area contributed by atoms with Gasteiger partial charge in [0.1, 0.15) is 11.8 Å². The first-order valence-corrected chi connectivity index (χ1v) is 11.6. The van der Waals surface area contributed by atoms with Crippen molar-refractivity contribution >= 4 is 35.3 Å². The number of anilines is 1. The summed E-state index contributed by atoms with van der Waals surface area (Å²) in [6.07, 6.45) is 0.468. The fourth-order valence-corrected chi connectivity index (χ4v) is 4.82. The quantitative estimate of drug-likeness (QED) is 0.534. The molecule has 2 amide bonds. The summed E-state index contributed by atoms with van der Waals surface area (Å²) in [6, 6.07) is 5.75. The van der Waals surface area contributed by atoms with Crippen LogP contribution in [0.4, 0.5) is 27.6 Å². The van der Waals surface area contributed by atoms with E-state index < -0.39 is 49.7 Å². The van der Waals surface area contributed by atoms with Crippen molar-refractivity contribution in [1.82, 2.24) is 15.2 Å². The van der Waals surface area contributed by atoms with E-state index in [4.69, 9.17) is 5.26 Å². The largest absolute Gasteiger partial charge is 0.573 e. The van der Waals surface area contributed by atoms with Gasteiger partial charge in [-0.1, -0.05) is 23.9 Å². The zero-order chi connectivity index (χ0) is 26.8. The molecule has 3 heterocycles. The molecule has 1 aromatic heterocycles. The Morgan fingerprint density at radius 3 is 2.86 bits per heavy atom. The standard InChI is InChI=1S/C23H18F5N5O3S/c24-22(25)8-14(9-29)33(12-22)20(34)11-31-21(35)16-5-6-30-10-13(16)1-4-19-32-17-7-15(36-23(26,27)28)2-3-18(17)37-19/h1-7,10,14,19,32H,8,11-12H2,(H,31,35). The molecule has 2 atom stereocenters. The summed E-state index contributed by atoms with van der Waals surface area (Å²) in [5.41, 5.74) is 0.991. The van der Waals surface area contributed by atoms with Crippen LogP contribution in [0.3, 0.4) is 0 Å². The number of carbonyl (C=O) groups is 2. The van der Waals surface area contributed by atoms with Crippen LogP contribution in [0.15, 0.2) is 47.6 Å². The highest BCUT2D eigenvalue weighted by Gasteiger charge is 2.47. The second-order valence-electron chi connectivity index (χ2n) is 8.12. The number of aromatic nitrogens is 1. The number of benzene rings is 1. The lowest BCUT2D eigenvalue weighted by atomic mass is 10.1. The van der Waals surface area contributed by atoms with E-state index >= 15 is 0 Å². The Hall–Kier alpha value is -3.86. The number of pyridine rings is 1. The highest BCUT2D eigenvalue weighted by Crippen LogP contribution is 2.41. The van der Waals surface area contributed by atoms with E-state index in [9.17, 15) is 31.5 Å². The maximum Gasteiger partial charge on any atom is 0.573 e. The normalized spacial score (nSPS) is 20.3. The average molecular weight is 539 g/mol. The number of ether oxygens (including phenoxy) is 1. The Bertz CT molecular complexity index is 1280. The molecule has 2 aliphatic rings. The maximum atomic E-state index is 13.6. The van der Waals surface area contributed by atoms with Crippen LogP contribution in [0.5, 0.6) is 5.75 Å². The van der Waals surface area contributed by atoms with Gasteiger partial charge in [-0.3, -0.25) is 14.6 Å². The van der Waals surface area contributed by atoms with Gasteiger partial charge in [-0.25, -0.2) is 8.78 Å². The van der Waals surface area contributed by atoms with Crippen LogP contribution in [-0.2, 0) is 4.79 Å². The number of hydrogen-bond acceptors (Lipinski definition) is 7. The monoisotopic (exact) mass is 539 g/mol. The van der Waals surface area contributed by atoms with Crippen molar-refractivity contribution in [2.24, 2.45) is 0 Å². The molecular formula is C23H18F5N5O3S. The Kier molecular flexibility index (Phi) is 7.26. The number of thioether (sulfide) groups is 1. The first-order valence-electron chi connectivity index (χ1n) is 10.7. The van der Waals surface area contributed by atoms with E-state index in [1.807, 2.05) is 0 Å². The smallest absolute Gasteiger partial charge is 0.406 e. The lowest BCUT2D eigenvalue weighted by molar-refractivity contribution is -0.274. The molecule has 194 valence electrons. The number of carbonyl (C=O) groups excluding carboxylic acids is 2. The van der Waals surface area contributed by atoms with Crippen LogP contribution >= 0.6 is 11.8 Å². The van der Waals surface area contributed by atoms with Crippen molar-refractivity contribution in [3.8, 4) is 11.8 Å². The molecule has 37 heavy (non-hydrogen) atoms. The molecule has 1 fully saturated rings. The van der Waals surface area contributed by atoms with Crippen LogP contribution in [0.25, 0.3) is 6.08 Å². The highest BCUT2D eigenvalue weighted by molar-refractivity contribution is 8.00. The topological polar surface area (TPSA) is 107 Å². The SMILES string of the molecule is N#CC1CC(F)(F)CN1C(=O)CNC(=O)c1ccncc1C=CC1Nc2cc(OC(F)(F)F)ccc2S1. The third kappa shape index (κ3) is 6.48. The predicted molar refractivity (Wildman–Crippen MR) is 123 cm³/mol. The van der Waals surface area contributed by atoms with Crippen LogP contribution < -0.4 is 15.4 Å². The van der Waals surface area contributed by atoms with E-state index in [0.29, 0.717) is 16.1 Å². The molecule has 14 heteroatoms. The van der Waals surface area contributed by atoms with Gasteiger partial charge in [0.15, 0.2) is 0 Å². The van der Waals surface area contributed by atoms with E-state index in [-0.39, 0.29) is 16.7 Å². The molecule has 2 aliphatic heterocycles. The fourth-order valence-electron chi connectivity index (χ4n) is 3.81. The molecule has 8 nitrogen and oxygen atoms in total. The van der Waals surface area contributed by atoms with Crippen molar-refractivity contribution in [3.63, 3.8) is 0 Å². The molecule has 2 unspecified atom stereocenters. The molecule has 0 saturated carbocycles. The number of hydrogen-bond donors (Lipinski definition) is 2. The van der Waals surface area contributed by atoms with Gasteiger partial charge in [-0.2, -0.15) is 5.26 Å². The molecule has 4 rings (SSSR count).